The van der Waals surface area contributed by atoms with Crippen molar-refractivity contribution in [3.05, 3.63) is 30.5 Å². The van der Waals surface area contributed by atoms with Gasteiger partial charge in [0, 0.05) is 13.1 Å². The van der Waals surface area contributed by atoms with E-state index in [0.717, 1.165) is 11.4 Å². The van der Waals surface area contributed by atoms with E-state index in [2.05, 4.69) is 25.6 Å². The zero-order valence-corrected chi connectivity index (χ0v) is 13.3. The fourth-order valence-electron chi connectivity index (χ4n) is 2.60. The number of aromatic nitrogens is 5. The van der Waals surface area contributed by atoms with Crippen LogP contribution in [0, 0.1) is 0 Å². The minimum absolute atomic E-state index is 0.00105. The summed E-state index contributed by atoms with van der Waals surface area (Å²) < 4.78 is 6.77. The minimum atomic E-state index is -0.920. The maximum absolute atomic E-state index is 10.8. The maximum atomic E-state index is 10.8. The van der Waals surface area contributed by atoms with Gasteiger partial charge in [0.05, 0.1) is 25.0 Å². The summed E-state index contributed by atoms with van der Waals surface area (Å²) in [7, 11) is 1.61. The lowest BCUT2D eigenvalue weighted by molar-refractivity contribution is 0.111. The van der Waals surface area contributed by atoms with Gasteiger partial charge < -0.3 is 20.1 Å². The summed E-state index contributed by atoms with van der Waals surface area (Å²) in [5.41, 5.74) is 1.94. The molecule has 10 nitrogen and oxygen atoms in total. The molecule has 25 heavy (non-hydrogen) atoms. The lowest BCUT2D eigenvalue weighted by atomic mass is 10.1. The number of ether oxygens (including phenoxy) is 1. The second-order valence-electron chi connectivity index (χ2n) is 5.63. The SMILES string of the molecule is COc1ccc(-n2nnc3cnc(NC4CN(C(=O)O)C4)nc32)cc1. The molecule has 2 N–H and O–H groups in total. The highest BCUT2D eigenvalue weighted by atomic mass is 16.5. The van der Waals surface area contributed by atoms with Crippen LogP contribution in [0.3, 0.4) is 0 Å². The summed E-state index contributed by atoms with van der Waals surface area (Å²) in [4.78, 5) is 20.8. The van der Waals surface area contributed by atoms with E-state index in [9.17, 15) is 4.79 Å². The Bertz CT molecular complexity index is 919. The molecular formula is C15H15N7O3. The third-order valence-electron chi connectivity index (χ3n) is 3.99. The van der Waals surface area contributed by atoms with E-state index in [1.54, 1.807) is 18.0 Å². The van der Waals surface area contributed by atoms with Crippen molar-refractivity contribution >= 4 is 23.2 Å². The number of hydrogen-bond donors (Lipinski definition) is 2. The molecule has 1 aliphatic heterocycles. The highest BCUT2D eigenvalue weighted by Crippen LogP contribution is 2.19. The number of hydrogen-bond acceptors (Lipinski definition) is 7. The van der Waals surface area contributed by atoms with E-state index < -0.39 is 6.09 Å². The van der Waals surface area contributed by atoms with Crippen molar-refractivity contribution < 1.29 is 14.6 Å². The van der Waals surface area contributed by atoms with Crippen LogP contribution >= 0.6 is 0 Å². The average Bonchev–Trinajstić information content (AvgIpc) is 3.00. The molecule has 1 fully saturated rings. The highest BCUT2D eigenvalue weighted by Gasteiger charge is 2.30. The summed E-state index contributed by atoms with van der Waals surface area (Å²) in [6.07, 6.45) is 0.668. The highest BCUT2D eigenvalue weighted by molar-refractivity contribution is 5.72. The molecule has 4 rings (SSSR count). The molecule has 10 heteroatoms. The molecule has 0 saturated carbocycles. The monoisotopic (exact) mass is 341 g/mol. The number of methoxy groups -OCH3 is 1. The van der Waals surface area contributed by atoms with Gasteiger partial charge in [-0.2, -0.15) is 9.67 Å². The van der Waals surface area contributed by atoms with Crippen LogP contribution in [0.5, 0.6) is 5.75 Å². The molecule has 128 valence electrons. The number of fused-ring (bicyclic) bond motifs is 1. The molecule has 0 radical (unpaired) electrons. The van der Waals surface area contributed by atoms with Gasteiger partial charge in [0.15, 0.2) is 11.2 Å². The Labute approximate surface area is 142 Å². The van der Waals surface area contributed by atoms with Crippen LogP contribution in [0.2, 0.25) is 0 Å². The first kappa shape index (κ1) is 15.1. The average molecular weight is 341 g/mol. The Morgan fingerprint density at radius 1 is 1.32 bits per heavy atom. The molecule has 1 amide bonds. The van der Waals surface area contributed by atoms with Gasteiger partial charge >= 0.3 is 6.09 Å². The first-order chi connectivity index (χ1) is 12.1. The summed E-state index contributed by atoms with van der Waals surface area (Å²) in [6.45, 7) is 0.819. The molecule has 0 spiro atoms. The van der Waals surface area contributed by atoms with Crippen LogP contribution in [0.15, 0.2) is 30.5 Å². The van der Waals surface area contributed by atoms with E-state index in [4.69, 9.17) is 9.84 Å². The number of nitrogens with one attached hydrogen (secondary N) is 1. The summed E-state index contributed by atoms with van der Waals surface area (Å²) in [6, 6.07) is 7.38. The van der Waals surface area contributed by atoms with Gasteiger partial charge in [-0.3, -0.25) is 0 Å². The molecule has 0 bridgehead atoms. The normalized spacial score (nSPS) is 14.4. The van der Waals surface area contributed by atoms with Crippen molar-refractivity contribution in [3.8, 4) is 11.4 Å². The number of benzene rings is 1. The second-order valence-corrected chi connectivity index (χ2v) is 5.63. The molecule has 3 aromatic rings. The first-order valence-corrected chi connectivity index (χ1v) is 7.61. The van der Waals surface area contributed by atoms with Crippen molar-refractivity contribution in [2.75, 3.05) is 25.5 Å². The number of nitrogens with zero attached hydrogens (tertiary/aromatic N) is 6. The lowest BCUT2D eigenvalue weighted by Crippen LogP contribution is -2.56. The van der Waals surface area contributed by atoms with Crippen LogP contribution in [0.25, 0.3) is 16.9 Å². The fourth-order valence-corrected chi connectivity index (χ4v) is 2.60. The Morgan fingerprint density at radius 3 is 2.76 bits per heavy atom. The number of carboxylic acid groups (broad SMARTS) is 1. The number of carbonyl (C=O) groups is 1. The molecule has 1 aliphatic rings. The molecule has 0 aliphatic carbocycles. The first-order valence-electron chi connectivity index (χ1n) is 7.61. The van der Waals surface area contributed by atoms with Crippen LogP contribution in [-0.2, 0) is 0 Å². The van der Waals surface area contributed by atoms with E-state index in [0.29, 0.717) is 30.2 Å². The second kappa shape index (κ2) is 5.89. The number of rotatable bonds is 4. The predicted octanol–water partition coefficient (Wildman–Crippen LogP) is 0.993. The van der Waals surface area contributed by atoms with Crippen molar-refractivity contribution in [2.45, 2.75) is 6.04 Å². The zero-order chi connectivity index (χ0) is 17.4. The van der Waals surface area contributed by atoms with E-state index >= 15 is 0 Å². The summed E-state index contributed by atoms with van der Waals surface area (Å²) in [5, 5.41) is 20.2. The molecule has 3 heterocycles. The molecule has 1 saturated heterocycles. The predicted molar refractivity (Wildman–Crippen MR) is 88.0 cm³/mol. The topological polar surface area (TPSA) is 118 Å². The third kappa shape index (κ3) is 2.77. The number of likely N-dealkylation sites (tertiary alicyclic amines) is 1. The lowest BCUT2D eigenvalue weighted by Gasteiger charge is -2.37. The standard InChI is InChI=1S/C15H15N7O3/c1-25-11-4-2-10(3-5-11)22-13-12(19-20-22)6-16-14(18-13)17-9-7-21(8-9)15(23)24/h2-6,9H,7-8H2,1H3,(H,23,24)(H,16,17,18). The van der Waals surface area contributed by atoms with Crippen molar-refractivity contribution in [1.82, 2.24) is 29.9 Å². The number of anilines is 1. The van der Waals surface area contributed by atoms with Gasteiger partial charge in [-0.1, -0.05) is 5.21 Å². The minimum Gasteiger partial charge on any atom is -0.497 e. The third-order valence-corrected chi connectivity index (χ3v) is 3.99. The smallest absolute Gasteiger partial charge is 0.407 e. The Morgan fingerprint density at radius 2 is 2.08 bits per heavy atom. The van der Waals surface area contributed by atoms with Gasteiger partial charge in [-0.05, 0) is 24.3 Å². The molecule has 0 atom stereocenters. The van der Waals surface area contributed by atoms with Crippen molar-refractivity contribution in [3.63, 3.8) is 0 Å². The molecule has 0 unspecified atom stereocenters. The molecular weight excluding hydrogens is 326 g/mol. The Hall–Kier alpha value is -3.43. The van der Waals surface area contributed by atoms with Gasteiger partial charge in [0.2, 0.25) is 5.95 Å². The van der Waals surface area contributed by atoms with Crippen LogP contribution in [-0.4, -0.2) is 67.3 Å². The van der Waals surface area contributed by atoms with Crippen LogP contribution in [0.4, 0.5) is 10.7 Å². The van der Waals surface area contributed by atoms with E-state index in [-0.39, 0.29) is 6.04 Å². The van der Waals surface area contributed by atoms with Gasteiger partial charge in [0.25, 0.3) is 0 Å². The number of amides is 1. The summed E-state index contributed by atoms with van der Waals surface area (Å²) in [5.74, 6) is 1.16. The van der Waals surface area contributed by atoms with Gasteiger partial charge in [0.1, 0.15) is 5.75 Å². The van der Waals surface area contributed by atoms with Crippen molar-refractivity contribution in [1.29, 1.82) is 0 Å². The quantitative estimate of drug-likeness (QED) is 0.721. The Balaban J connectivity index is 1.58. The van der Waals surface area contributed by atoms with Gasteiger partial charge in [-0.15, -0.1) is 5.10 Å². The fraction of sp³-hybridized carbons (Fsp3) is 0.267. The zero-order valence-electron chi connectivity index (χ0n) is 13.3. The van der Waals surface area contributed by atoms with Crippen LogP contribution in [0.1, 0.15) is 0 Å². The van der Waals surface area contributed by atoms with Crippen molar-refractivity contribution in [2.24, 2.45) is 0 Å². The molecule has 1 aromatic carbocycles. The van der Waals surface area contributed by atoms with Gasteiger partial charge in [-0.25, -0.2) is 9.78 Å². The summed E-state index contributed by atoms with van der Waals surface area (Å²) >= 11 is 0. The largest absolute Gasteiger partial charge is 0.497 e. The van der Waals surface area contributed by atoms with E-state index in [1.165, 1.54) is 4.90 Å². The maximum Gasteiger partial charge on any atom is 0.407 e. The van der Waals surface area contributed by atoms with E-state index in [1.807, 2.05) is 24.3 Å². The van der Waals surface area contributed by atoms with Crippen LogP contribution < -0.4 is 10.1 Å². The Kier molecular flexibility index (Phi) is 3.56. The molecule has 2 aromatic heterocycles.